The maximum absolute atomic E-state index is 14.4. The molecular weight excluding hydrogens is 964 g/mol. The van der Waals surface area contributed by atoms with E-state index < -0.39 is 121 Å². The first-order chi connectivity index (χ1) is 26.8. The van der Waals surface area contributed by atoms with E-state index in [1.54, 1.807) is 0 Å². The van der Waals surface area contributed by atoms with E-state index in [0.29, 0.717) is 0 Å². The van der Waals surface area contributed by atoms with Gasteiger partial charge in [0, 0.05) is 25.7 Å². The van der Waals surface area contributed by atoms with Gasteiger partial charge in [-0.1, -0.05) is 24.3 Å². The standard InChI is InChI=1S/C28H22F28O6/c1-5-9-13(57,10-6-2)15(29,30)17(33,34)21(41,42)59-25(49,50)27(53,54)61-23(45,46)19(37,38)20(39,40)24(47,48)62-28(55,56)26(51,52)60-22(43,44)18(35,36)16(31,32)14(58,11-7-3)12-8-4/h5-8,57-58H,1-4,9-12H2. The lowest BCUT2D eigenvalue weighted by Crippen LogP contribution is -2.69. The number of alkyl halides is 28. The highest BCUT2D eigenvalue weighted by Crippen LogP contribution is 2.61. The van der Waals surface area contributed by atoms with Crippen LogP contribution in [0, 0.1) is 0 Å². The molecule has 62 heavy (non-hydrogen) atoms. The zero-order valence-electron chi connectivity index (χ0n) is 29.1. The molecule has 366 valence electrons. The van der Waals surface area contributed by atoms with Crippen LogP contribution in [0.1, 0.15) is 25.7 Å². The predicted molar refractivity (Wildman–Crippen MR) is 143 cm³/mol. The van der Waals surface area contributed by atoms with Crippen molar-refractivity contribution in [3.8, 4) is 0 Å². The summed E-state index contributed by atoms with van der Waals surface area (Å²) < 4.78 is 398. The molecule has 0 aliphatic heterocycles. The first kappa shape index (κ1) is 58.8. The molecule has 0 saturated heterocycles. The first-order valence-corrected chi connectivity index (χ1v) is 14.8. The Morgan fingerprint density at radius 1 is 0.258 bits per heavy atom. The van der Waals surface area contributed by atoms with E-state index in [-0.39, 0.29) is 24.3 Å². The van der Waals surface area contributed by atoms with Gasteiger partial charge in [0.25, 0.3) is 0 Å². The second kappa shape index (κ2) is 17.0. The summed E-state index contributed by atoms with van der Waals surface area (Å²) in [5, 5.41) is 19.4. The van der Waals surface area contributed by atoms with Gasteiger partial charge in [-0.3, -0.25) is 0 Å². The number of ether oxygens (including phenoxy) is 4. The molecule has 0 unspecified atom stereocenters. The fraction of sp³-hybridized carbons (Fsp3) is 0.714. The van der Waals surface area contributed by atoms with Crippen LogP contribution in [0.5, 0.6) is 0 Å². The van der Waals surface area contributed by atoms with Crippen molar-refractivity contribution in [1.29, 1.82) is 0 Å². The largest absolute Gasteiger partial charge is 0.453 e. The zero-order chi connectivity index (χ0) is 50.5. The van der Waals surface area contributed by atoms with Crippen molar-refractivity contribution in [1.82, 2.24) is 0 Å². The molecule has 0 bridgehead atoms. The Hall–Kier alpha value is -3.24. The van der Waals surface area contributed by atoms with Crippen molar-refractivity contribution < 1.29 is 152 Å². The van der Waals surface area contributed by atoms with Crippen LogP contribution in [0.2, 0.25) is 0 Å². The normalized spacial score (nSPS) is 16.0. The molecule has 2 N–H and O–H groups in total. The number of hydrogen-bond acceptors (Lipinski definition) is 6. The van der Waals surface area contributed by atoms with Crippen LogP contribution in [-0.2, 0) is 18.9 Å². The van der Waals surface area contributed by atoms with E-state index in [9.17, 15) is 133 Å². The Bertz CT molecular complexity index is 1470. The number of rotatable bonds is 27. The third-order valence-corrected chi connectivity index (χ3v) is 7.45. The molecule has 0 aromatic rings. The van der Waals surface area contributed by atoms with Crippen LogP contribution in [0.25, 0.3) is 0 Å². The van der Waals surface area contributed by atoms with Gasteiger partial charge in [0.05, 0.1) is 0 Å². The number of halogens is 28. The van der Waals surface area contributed by atoms with Gasteiger partial charge in [-0.2, -0.15) is 123 Å². The Balaban J connectivity index is 6.95. The summed E-state index contributed by atoms with van der Waals surface area (Å²) >= 11 is 0. The summed E-state index contributed by atoms with van der Waals surface area (Å²) in [5.74, 6) is -47.7. The molecule has 6 nitrogen and oxygen atoms in total. The number of hydrogen-bond donors (Lipinski definition) is 2. The molecular formula is C28H22F28O6. The molecule has 0 saturated carbocycles. The maximum atomic E-state index is 14.4. The van der Waals surface area contributed by atoms with Crippen molar-refractivity contribution in [2.75, 3.05) is 0 Å². The molecule has 0 aliphatic carbocycles. The van der Waals surface area contributed by atoms with Gasteiger partial charge in [0.15, 0.2) is 0 Å². The minimum atomic E-state index is -9.10. The summed E-state index contributed by atoms with van der Waals surface area (Å²) in [4.78, 5) is 0. The molecule has 0 aliphatic rings. The van der Waals surface area contributed by atoms with Gasteiger partial charge in [0.2, 0.25) is 0 Å². The Kier molecular flexibility index (Phi) is 16.1. The van der Waals surface area contributed by atoms with Crippen molar-refractivity contribution in [3.63, 3.8) is 0 Å². The molecule has 0 aromatic heterocycles. The zero-order valence-corrected chi connectivity index (χ0v) is 29.1. The number of aliphatic hydroxyl groups is 2. The van der Waals surface area contributed by atoms with E-state index in [4.69, 9.17) is 0 Å². The third kappa shape index (κ3) is 9.58. The maximum Gasteiger partial charge on any atom is 0.453 e. The Labute approximate surface area is 325 Å². The fourth-order valence-corrected chi connectivity index (χ4v) is 4.09. The quantitative estimate of drug-likeness (QED) is 0.0631. The van der Waals surface area contributed by atoms with E-state index in [1.807, 2.05) is 0 Å². The average molecular weight is 986 g/mol. The Morgan fingerprint density at radius 2 is 0.387 bits per heavy atom. The summed E-state index contributed by atoms with van der Waals surface area (Å²) in [6.45, 7) is 10.4. The molecule has 0 atom stereocenters. The van der Waals surface area contributed by atoms with Gasteiger partial charge in [0.1, 0.15) is 11.2 Å². The minimum Gasteiger partial charge on any atom is -0.383 e. The second-order valence-electron chi connectivity index (χ2n) is 12.0. The van der Waals surface area contributed by atoms with Crippen LogP contribution in [0.4, 0.5) is 123 Å². The third-order valence-electron chi connectivity index (χ3n) is 7.45. The van der Waals surface area contributed by atoms with Crippen LogP contribution in [-0.4, -0.2) is 106 Å². The summed E-state index contributed by atoms with van der Waals surface area (Å²) in [6.07, 6.45) is -74.8. The lowest BCUT2D eigenvalue weighted by molar-refractivity contribution is -0.573. The van der Waals surface area contributed by atoms with Gasteiger partial charge in [-0.15, -0.1) is 26.3 Å². The highest BCUT2D eigenvalue weighted by atomic mass is 19.4. The van der Waals surface area contributed by atoms with Gasteiger partial charge in [-0.25, -0.2) is 18.9 Å². The van der Waals surface area contributed by atoms with E-state index in [1.165, 1.54) is 9.47 Å². The summed E-state index contributed by atoms with van der Waals surface area (Å²) in [7, 11) is 0. The van der Waals surface area contributed by atoms with E-state index in [0.717, 1.165) is 9.47 Å². The van der Waals surface area contributed by atoms with E-state index >= 15 is 0 Å². The molecule has 0 spiro atoms. The lowest BCUT2D eigenvalue weighted by atomic mass is 9.84. The lowest BCUT2D eigenvalue weighted by Gasteiger charge is -2.42. The second-order valence-corrected chi connectivity index (χ2v) is 12.0. The molecule has 0 fully saturated rings. The average Bonchev–Trinajstić information content (AvgIpc) is 3.02. The van der Waals surface area contributed by atoms with Gasteiger partial charge >= 0.3 is 84.4 Å². The van der Waals surface area contributed by atoms with Crippen LogP contribution in [0.3, 0.4) is 0 Å². The van der Waals surface area contributed by atoms with Crippen LogP contribution < -0.4 is 0 Å². The Morgan fingerprint density at radius 3 is 0.516 bits per heavy atom. The SMILES string of the molecule is C=CCC(O)(CC=C)C(F)(F)C(F)(F)C(F)(F)OC(F)(F)C(F)(F)OC(F)(F)C(F)(F)C(F)(F)C(F)(F)OC(F)(F)C(F)(F)OC(F)(F)C(F)(F)C(F)(F)C(O)(CC=C)CC=C. The minimum absolute atomic E-state index is 0.0413. The fourth-order valence-electron chi connectivity index (χ4n) is 4.09. The van der Waals surface area contributed by atoms with Crippen molar-refractivity contribution >= 4 is 0 Å². The van der Waals surface area contributed by atoms with Crippen molar-refractivity contribution in [2.24, 2.45) is 0 Å². The highest BCUT2D eigenvalue weighted by molar-refractivity contribution is 5.11. The molecule has 0 amide bonds. The predicted octanol–water partition coefficient (Wildman–Crippen LogP) is 11.4. The molecule has 34 heteroatoms. The van der Waals surface area contributed by atoms with Crippen LogP contribution in [0.15, 0.2) is 50.6 Å². The molecule has 0 radical (unpaired) electrons. The van der Waals surface area contributed by atoms with Crippen molar-refractivity contribution in [3.05, 3.63) is 50.6 Å². The van der Waals surface area contributed by atoms with Crippen molar-refractivity contribution in [2.45, 2.75) is 121 Å². The van der Waals surface area contributed by atoms with Crippen LogP contribution >= 0.6 is 0 Å². The summed E-state index contributed by atoms with van der Waals surface area (Å²) in [6, 6.07) is 0. The summed E-state index contributed by atoms with van der Waals surface area (Å²) in [5.41, 5.74) is -9.27. The van der Waals surface area contributed by atoms with Gasteiger partial charge in [-0.05, 0) is 0 Å². The molecule has 0 heterocycles. The monoisotopic (exact) mass is 986 g/mol. The smallest absolute Gasteiger partial charge is 0.383 e. The highest BCUT2D eigenvalue weighted by Gasteiger charge is 2.89. The first-order valence-electron chi connectivity index (χ1n) is 14.8. The topological polar surface area (TPSA) is 77.4 Å². The van der Waals surface area contributed by atoms with E-state index in [2.05, 4.69) is 26.3 Å². The molecule has 0 rings (SSSR count). The molecule has 0 aromatic carbocycles. The van der Waals surface area contributed by atoms with Gasteiger partial charge < -0.3 is 10.2 Å².